The molecule has 3 heteroatoms. The molecule has 0 saturated heterocycles. The third-order valence-electron chi connectivity index (χ3n) is 2.56. The van der Waals surface area contributed by atoms with Crippen LogP contribution in [-0.2, 0) is 9.59 Å². The predicted molar refractivity (Wildman–Crippen MR) is 50.2 cm³/mol. The van der Waals surface area contributed by atoms with E-state index in [9.17, 15) is 9.59 Å². The average Bonchev–Trinajstić information content (AvgIpc) is 1.96. The van der Waals surface area contributed by atoms with Gasteiger partial charge in [0.25, 0.3) is 0 Å². The minimum absolute atomic E-state index is 0.0155. The average molecular weight is 183 g/mol. The normalized spacial score (nSPS) is 16.8. The first kappa shape index (κ1) is 10.2. The Balaban J connectivity index is 2.17. The van der Waals surface area contributed by atoms with Gasteiger partial charge in [0.05, 0.1) is 6.54 Å². The summed E-state index contributed by atoms with van der Waals surface area (Å²) in [7, 11) is 0. The van der Waals surface area contributed by atoms with Crippen LogP contribution in [0.3, 0.4) is 0 Å². The minimum Gasteiger partial charge on any atom is -0.349 e. The van der Waals surface area contributed by atoms with Gasteiger partial charge in [-0.3, -0.25) is 9.59 Å². The van der Waals surface area contributed by atoms with Crippen molar-refractivity contribution in [1.82, 2.24) is 5.32 Å². The molecule has 0 aromatic rings. The van der Waals surface area contributed by atoms with Gasteiger partial charge in [0.15, 0.2) is 5.78 Å². The molecule has 0 heterocycles. The topological polar surface area (TPSA) is 46.2 Å². The molecule has 1 fully saturated rings. The molecule has 1 aliphatic carbocycles. The summed E-state index contributed by atoms with van der Waals surface area (Å²) in [6.45, 7) is 3.89. The van der Waals surface area contributed by atoms with Crippen molar-refractivity contribution >= 4 is 11.7 Å². The highest BCUT2D eigenvalue weighted by Gasteiger charge is 2.25. The van der Waals surface area contributed by atoms with Crippen LogP contribution in [0.2, 0.25) is 0 Å². The number of amides is 1. The van der Waals surface area contributed by atoms with Crippen molar-refractivity contribution in [2.24, 2.45) is 11.8 Å². The molecule has 0 aromatic carbocycles. The van der Waals surface area contributed by atoms with Gasteiger partial charge in [-0.25, -0.2) is 0 Å². The first-order valence-electron chi connectivity index (χ1n) is 4.91. The number of ketones is 1. The van der Waals surface area contributed by atoms with Gasteiger partial charge >= 0.3 is 0 Å². The SMILES string of the molecule is CC(C)C(=O)CNC(=O)C1CCC1. The Hall–Kier alpha value is -0.860. The molecule has 74 valence electrons. The maximum Gasteiger partial charge on any atom is 0.223 e. The summed E-state index contributed by atoms with van der Waals surface area (Å²) in [6, 6.07) is 0. The molecule has 1 rings (SSSR count). The summed E-state index contributed by atoms with van der Waals surface area (Å²) in [6.07, 6.45) is 3.12. The standard InChI is InChI=1S/C10H17NO2/c1-7(2)9(12)6-11-10(13)8-4-3-5-8/h7-8H,3-6H2,1-2H3,(H,11,13). The van der Waals surface area contributed by atoms with Crippen LogP contribution in [0.5, 0.6) is 0 Å². The lowest BCUT2D eigenvalue weighted by Crippen LogP contribution is -2.38. The monoisotopic (exact) mass is 183 g/mol. The van der Waals surface area contributed by atoms with E-state index in [1.165, 1.54) is 0 Å². The Morgan fingerprint density at radius 1 is 1.38 bits per heavy atom. The number of carbonyl (C=O) groups is 2. The smallest absolute Gasteiger partial charge is 0.223 e. The molecule has 0 unspecified atom stereocenters. The van der Waals surface area contributed by atoms with E-state index < -0.39 is 0 Å². The van der Waals surface area contributed by atoms with Crippen molar-refractivity contribution in [2.45, 2.75) is 33.1 Å². The maximum atomic E-state index is 11.3. The summed E-state index contributed by atoms with van der Waals surface area (Å²) in [5.41, 5.74) is 0. The molecule has 0 atom stereocenters. The van der Waals surface area contributed by atoms with Gasteiger partial charge < -0.3 is 5.32 Å². The van der Waals surface area contributed by atoms with Crippen molar-refractivity contribution in [1.29, 1.82) is 0 Å². The lowest BCUT2D eigenvalue weighted by atomic mass is 9.85. The highest BCUT2D eigenvalue weighted by molar-refractivity contribution is 5.88. The Bertz CT molecular complexity index is 207. The van der Waals surface area contributed by atoms with Gasteiger partial charge in [-0.15, -0.1) is 0 Å². The Morgan fingerprint density at radius 2 is 2.00 bits per heavy atom. The van der Waals surface area contributed by atoms with Crippen LogP contribution in [0.25, 0.3) is 0 Å². The zero-order valence-electron chi connectivity index (χ0n) is 8.30. The van der Waals surface area contributed by atoms with Crippen LogP contribution in [0, 0.1) is 11.8 Å². The Morgan fingerprint density at radius 3 is 2.38 bits per heavy atom. The first-order chi connectivity index (χ1) is 6.11. The lowest BCUT2D eigenvalue weighted by molar-refractivity contribution is -0.130. The van der Waals surface area contributed by atoms with Crippen molar-refractivity contribution in [2.75, 3.05) is 6.54 Å². The van der Waals surface area contributed by atoms with E-state index >= 15 is 0 Å². The Kier molecular flexibility index (Phi) is 3.46. The number of carbonyl (C=O) groups excluding carboxylic acids is 2. The minimum atomic E-state index is 0.0155. The van der Waals surface area contributed by atoms with Crippen LogP contribution < -0.4 is 5.32 Å². The zero-order valence-corrected chi connectivity index (χ0v) is 8.30. The van der Waals surface area contributed by atoms with Crippen LogP contribution in [0.15, 0.2) is 0 Å². The van der Waals surface area contributed by atoms with Crippen LogP contribution in [0.1, 0.15) is 33.1 Å². The molecule has 1 aliphatic rings. The van der Waals surface area contributed by atoms with Crippen LogP contribution in [0.4, 0.5) is 0 Å². The van der Waals surface area contributed by atoms with Gasteiger partial charge in [0.1, 0.15) is 0 Å². The number of nitrogens with one attached hydrogen (secondary N) is 1. The van der Waals surface area contributed by atoms with E-state index in [4.69, 9.17) is 0 Å². The molecule has 0 radical (unpaired) electrons. The molecule has 0 bridgehead atoms. The van der Waals surface area contributed by atoms with Gasteiger partial charge in [-0.05, 0) is 12.8 Å². The number of Topliss-reactive ketones (excluding diaryl/α,β-unsaturated/α-hetero) is 1. The third-order valence-corrected chi connectivity index (χ3v) is 2.56. The fourth-order valence-electron chi connectivity index (χ4n) is 1.19. The second-order valence-electron chi connectivity index (χ2n) is 3.97. The second-order valence-corrected chi connectivity index (χ2v) is 3.97. The summed E-state index contributed by atoms with van der Waals surface area (Å²) in [4.78, 5) is 22.5. The second kappa shape index (κ2) is 4.40. The van der Waals surface area contributed by atoms with Crippen molar-refractivity contribution in [3.63, 3.8) is 0 Å². The summed E-state index contributed by atoms with van der Waals surface area (Å²) in [5, 5.41) is 2.68. The van der Waals surface area contributed by atoms with E-state index in [1.807, 2.05) is 13.8 Å². The van der Waals surface area contributed by atoms with Crippen molar-refractivity contribution < 1.29 is 9.59 Å². The third kappa shape index (κ3) is 2.83. The molecule has 13 heavy (non-hydrogen) atoms. The largest absolute Gasteiger partial charge is 0.349 e. The highest BCUT2D eigenvalue weighted by Crippen LogP contribution is 2.25. The first-order valence-corrected chi connectivity index (χ1v) is 4.91. The molecule has 0 aromatic heterocycles. The summed E-state index contributed by atoms with van der Waals surface area (Å²) in [5.74, 6) is 0.356. The summed E-state index contributed by atoms with van der Waals surface area (Å²) < 4.78 is 0. The van der Waals surface area contributed by atoms with E-state index in [0.29, 0.717) is 0 Å². The van der Waals surface area contributed by atoms with Gasteiger partial charge in [0.2, 0.25) is 5.91 Å². The molecule has 0 aliphatic heterocycles. The van der Waals surface area contributed by atoms with E-state index in [2.05, 4.69) is 5.32 Å². The van der Waals surface area contributed by atoms with Crippen molar-refractivity contribution in [3.05, 3.63) is 0 Å². The van der Waals surface area contributed by atoms with E-state index in [-0.39, 0.29) is 30.1 Å². The van der Waals surface area contributed by atoms with E-state index in [1.54, 1.807) is 0 Å². The fourth-order valence-corrected chi connectivity index (χ4v) is 1.19. The molecule has 1 N–H and O–H groups in total. The zero-order chi connectivity index (χ0) is 9.84. The fraction of sp³-hybridized carbons (Fsp3) is 0.800. The molecule has 0 spiro atoms. The van der Waals surface area contributed by atoms with Crippen LogP contribution in [-0.4, -0.2) is 18.2 Å². The molecule has 3 nitrogen and oxygen atoms in total. The van der Waals surface area contributed by atoms with Crippen molar-refractivity contribution in [3.8, 4) is 0 Å². The van der Waals surface area contributed by atoms with Gasteiger partial charge in [-0.1, -0.05) is 20.3 Å². The Labute approximate surface area is 78.9 Å². The summed E-state index contributed by atoms with van der Waals surface area (Å²) >= 11 is 0. The number of rotatable bonds is 4. The van der Waals surface area contributed by atoms with Gasteiger partial charge in [0, 0.05) is 11.8 Å². The van der Waals surface area contributed by atoms with E-state index in [0.717, 1.165) is 19.3 Å². The molecular formula is C10H17NO2. The lowest BCUT2D eigenvalue weighted by Gasteiger charge is -2.23. The molecular weight excluding hydrogens is 166 g/mol. The molecule has 1 amide bonds. The van der Waals surface area contributed by atoms with Gasteiger partial charge in [-0.2, -0.15) is 0 Å². The number of hydrogen-bond donors (Lipinski definition) is 1. The number of hydrogen-bond acceptors (Lipinski definition) is 2. The van der Waals surface area contributed by atoms with Crippen LogP contribution >= 0.6 is 0 Å². The highest BCUT2D eigenvalue weighted by atomic mass is 16.2. The molecule has 1 saturated carbocycles. The predicted octanol–water partition coefficient (Wildman–Crippen LogP) is 1.13. The quantitative estimate of drug-likeness (QED) is 0.710. The maximum absolute atomic E-state index is 11.3.